The Morgan fingerprint density at radius 3 is 2.61 bits per heavy atom. The first kappa shape index (κ1) is 16.1. The Morgan fingerprint density at radius 1 is 1.35 bits per heavy atom. The monoisotopic (exact) mass is 342 g/mol. The minimum Gasteiger partial charge on any atom is -0.310 e. The molecule has 1 aromatic carbocycles. The van der Waals surface area contributed by atoms with Crippen LogP contribution in [0.25, 0.3) is 0 Å². The van der Waals surface area contributed by atoms with Crippen LogP contribution in [0.4, 0.5) is 13.2 Å². The Hall–Kier alpha value is -1.82. The Morgan fingerprint density at radius 2 is 2.04 bits per heavy atom. The van der Waals surface area contributed by atoms with Crippen molar-refractivity contribution in [1.29, 1.82) is 0 Å². The number of alkyl halides is 3. The topological polar surface area (TPSA) is 45.8 Å². The third-order valence-electron chi connectivity index (χ3n) is 3.88. The van der Waals surface area contributed by atoms with Crippen LogP contribution in [0, 0.1) is 6.92 Å². The van der Waals surface area contributed by atoms with Crippen LogP contribution in [0.3, 0.4) is 0 Å². The molecule has 1 heterocycles. The van der Waals surface area contributed by atoms with Gasteiger partial charge in [0.2, 0.25) is 0 Å². The molecule has 2 aromatic rings. The van der Waals surface area contributed by atoms with Gasteiger partial charge in [-0.05, 0) is 37.0 Å². The zero-order chi connectivity index (χ0) is 16.8. The van der Waals surface area contributed by atoms with E-state index in [0.717, 1.165) is 18.4 Å². The summed E-state index contributed by atoms with van der Waals surface area (Å²) in [4.78, 5) is 18.4. The summed E-state index contributed by atoms with van der Waals surface area (Å²) in [5.74, 6) is 0.0692. The van der Waals surface area contributed by atoms with Gasteiger partial charge in [-0.2, -0.15) is 13.2 Å². The van der Waals surface area contributed by atoms with Crippen molar-refractivity contribution >= 4 is 11.6 Å². The van der Waals surface area contributed by atoms with E-state index in [0.29, 0.717) is 10.6 Å². The molecule has 0 unspecified atom stereocenters. The summed E-state index contributed by atoms with van der Waals surface area (Å²) in [6.07, 6.45) is -3.32. The van der Waals surface area contributed by atoms with Crippen molar-refractivity contribution in [2.45, 2.75) is 38.3 Å². The van der Waals surface area contributed by atoms with Crippen LogP contribution in [0.5, 0.6) is 0 Å². The van der Waals surface area contributed by atoms with E-state index in [1.54, 1.807) is 25.1 Å². The maximum atomic E-state index is 13.3. The number of aryl methyl sites for hydroxylation is 1. The first-order valence-corrected chi connectivity index (χ1v) is 7.59. The number of hydrogen-bond acceptors (Lipinski definition) is 2. The van der Waals surface area contributed by atoms with E-state index in [4.69, 9.17) is 11.6 Å². The maximum Gasteiger partial charge on any atom is 0.433 e. The third kappa shape index (κ3) is 3.42. The van der Waals surface area contributed by atoms with Gasteiger partial charge in [-0.3, -0.25) is 4.79 Å². The highest BCUT2D eigenvalue weighted by molar-refractivity contribution is 6.31. The van der Waals surface area contributed by atoms with E-state index in [2.05, 4.69) is 9.97 Å². The van der Waals surface area contributed by atoms with Gasteiger partial charge in [0.15, 0.2) is 5.69 Å². The molecule has 1 saturated carbocycles. The van der Waals surface area contributed by atoms with E-state index < -0.39 is 17.4 Å². The summed E-state index contributed by atoms with van der Waals surface area (Å²) < 4.78 is 39.9. The maximum absolute atomic E-state index is 13.3. The van der Waals surface area contributed by atoms with Crippen LogP contribution < -0.4 is 5.56 Å². The highest BCUT2D eigenvalue weighted by atomic mass is 35.5. The van der Waals surface area contributed by atoms with Crippen molar-refractivity contribution in [3.63, 3.8) is 0 Å². The second-order valence-electron chi connectivity index (χ2n) is 5.81. The Kier molecular flexibility index (Phi) is 3.96. The van der Waals surface area contributed by atoms with Gasteiger partial charge in [-0.15, -0.1) is 0 Å². The van der Waals surface area contributed by atoms with Gasteiger partial charge in [0, 0.05) is 17.4 Å². The molecule has 1 aromatic heterocycles. The molecule has 7 heteroatoms. The van der Waals surface area contributed by atoms with Crippen molar-refractivity contribution in [3.05, 3.63) is 61.8 Å². The summed E-state index contributed by atoms with van der Waals surface area (Å²) in [5, 5.41) is 0.454. The quantitative estimate of drug-likeness (QED) is 0.907. The summed E-state index contributed by atoms with van der Waals surface area (Å²) in [6.45, 7) is 1.80. The fourth-order valence-electron chi connectivity index (χ4n) is 2.41. The van der Waals surface area contributed by atoms with Crippen molar-refractivity contribution in [2.24, 2.45) is 0 Å². The predicted molar refractivity (Wildman–Crippen MR) is 80.8 cm³/mol. The Balaban J connectivity index is 2.06. The number of benzene rings is 1. The van der Waals surface area contributed by atoms with Gasteiger partial charge >= 0.3 is 6.18 Å². The molecular weight excluding hydrogens is 329 g/mol. The first-order chi connectivity index (χ1) is 10.8. The Bertz CT molecular complexity index is 810. The average Bonchev–Trinajstić information content (AvgIpc) is 3.28. The smallest absolute Gasteiger partial charge is 0.310 e. The van der Waals surface area contributed by atoms with Gasteiger partial charge in [0.05, 0.1) is 5.56 Å². The molecule has 1 aliphatic carbocycles. The number of rotatable bonds is 3. The van der Waals surface area contributed by atoms with Gasteiger partial charge in [-0.25, -0.2) is 4.98 Å². The number of halogens is 4. The molecule has 3 rings (SSSR count). The highest BCUT2D eigenvalue weighted by Gasteiger charge is 2.39. The van der Waals surface area contributed by atoms with Crippen LogP contribution in [0.1, 0.15) is 47.0 Å². The summed E-state index contributed by atoms with van der Waals surface area (Å²) in [5.41, 5.74) is -0.840. The molecule has 0 aliphatic heterocycles. The van der Waals surface area contributed by atoms with Gasteiger partial charge < -0.3 is 4.98 Å². The minimum absolute atomic E-state index is 0.0633. The molecule has 0 radical (unpaired) electrons. The van der Waals surface area contributed by atoms with Crippen LogP contribution in [-0.4, -0.2) is 9.97 Å². The molecule has 0 saturated heterocycles. The van der Waals surface area contributed by atoms with Crippen LogP contribution in [0.15, 0.2) is 23.0 Å². The number of hydrogen-bond donors (Lipinski definition) is 1. The number of aromatic amines is 1. The number of H-pyrrole nitrogens is 1. The molecule has 3 nitrogen and oxygen atoms in total. The average molecular weight is 343 g/mol. The molecule has 0 spiro atoms. The van der Waals surface area contributed by atoms with Crippen molar-refractivity contribution in [3.8, 4) is 0 Å². The van der Waals surface area contributed by atoms with E-state index in [9.17, 15) is 18.0 Å². The van der Waals surface area contributed by atoms with Gasteiger partial charge in [-0.1, -0.05) is 23.7 Å². The lowest BCUT2D eigenvalue weighted by Crippen LogP contribution is -2.25. The van der Waals surface area contributed by atoms with Gasteiger partial charge in [0.1, 0.15) is 5.82 Å². The molecule has 1 fully saturated rings. The zero-order valence-electron chi connectivity index (χ0n) is 12.3. The normalized spacial score (nSPS) is 15.0. The molecule has 0 bridgehead atoms. The molecule has 1 N–H and O–H groups in total. The fourth-order valence-corrected chi connectivity index (χ4v) is 2.62. The summed E-state index contributed by atoms with van der Waals surface area (Å²) >= 11 is 6.00. The fraction of sp³-hybridized carbons (Fsp3) is 0.375. The van der Waals surface area contributed by atoms with Crippen molar-refractivity contribution in [1.82, 2.24) is 9.97 Å². The van der Waals surface area contributed by atoms with Crippen molar-refractivity contribution in [2.75, 3.05) is 0 Å². The molecule has 1 aliphatic rings. The summed E-state index contributed by atoms with van der Waals surface area (Å²) in [6, 6.07) is 4.95. The third-order valence-corrected chi connectivity index (χ3v) is 4.29. The lowest BCUT2D eigenvalue weighted by Gasteiger charge is -2.13. The van der Waals surface area contributed by atoms with E-state index in [-0.39, 0.29) is 23.7 Å². The molecule has 122 valence electrons. The molecule has 0 atom stereocenters. The zero-order valence-corrected chi connectivity index (χ0v) is 13.1. The Labute approximate surface area is 135 Å². The summed E-state index contributed by atoms with van der Waals surface area (Å²) in [7, 11) is 0. The second kappa shape index (κ2) is 5.67. The van der Waals surface area contributed by atoms with E-state index in [1.807, 2.05) is 0 Å². The van der Waals surface area contributed by atoms with E-state index >= 15 is 0 Å². The minimum atomic E-state index is -4.66. The van der Waals surface area contributed by atoms with Crippen molar-refractivity contribution < 1.29 is 13.2 Å². The van der Waals surface area contributed by atoms with Crippen LogP contribution >= 0.6 is 11.6 Å². The molecular formula is C16H14ClF3N2O. The second-order valence-corrected chi connectivity index (χ2v) is 6.22. The lowest BCUT2D eigenvalue weighted by atomic mass is 10.0. The highest BCUT2D eigenvalue weighted by Crippen LogP contribution is 2.39. The SMILES string of the molecule is Cc1ccc(Cc2c(C(F)(F)F)nc(C3CC3)[nH]c2=O)cc1Cl. The van der Waals surface area contributed by atoms with Crippen LogP contribution in [-0.2, 0) is 12.6 Å². The number of nitrogens with one attached hydrogen (secondary N) is 1. The number of aromatic nitrogens is 2. The standard InChI is InChI=1S/C16H14ClF3N2O/c1-8-2-3-9(7-12(8)17)6-11-13(16(18,19)20)21-14(10-4-5-10)22-15(11)23/h2-3,7,10H,4-6H2,1H3,(H,21,22,23). The predicted octanol–water partition coefficient (Wildman–Crippen LogP) is 4.22. The first-order valence-electron chi connectivity index (χ1n) is 7.21. The van der Waals surface area contributed by atoms with Gasteiger partial charge in [0.25, 0.3) is 5.56 Å². The lowest BCUT2D eigenvalue weighted by molar-refractivity contribution is -0.142. The van der Waals surface area contributed by atoms with E-state index in [1.165, 1.54) is 0 Å². The molecule has 23 heavy (non-hydrogen) atoms. The molecule has 0 amide bonds. The number of nitrogens with zero attached hydrogens (tertiary/aromatic N) is 1. The largest absolute Gasteiger partial charge is 0.433 e. The van der Waals surface area contributed by atoms with Crippen LogP contribution in [0.2, 0.25) is 5.02 Å².